The van der Waals surface area contributed by atoms with Crippen molar-refractivity contribution in [3.63, 3.8) is 0 Å². The minimum absolute atomic E-state index is 0.0789. The van der Waals surface area contributed by atoms with Gasteiger partial charge in [0.25, 0.3) is 0 Å². The quantitative estimate of drug-likeness (QED) is 0.253. The van der Waals surface area contributed by atoms with Crippen LogP contribution in [-0.2, 0) is 15.3 Å². The first kappa shape index (κ1) is 26.8. The van der Waals surface area contributed by atoms with Gasteiger partial charge in [-0.15, -0.1) is 11.8 Å². The maximum absolute atomic E-state index is 12.8. The van der Waals surface area contributed by atoms with Crippen LogP contribution >= 0.6 is 35.3 Å². The van der Waals surface area contributed by atoms with Gasteiger partial charge >= 0.3 is 0 Å². The molecule has 0 saturated carbocycles. The van der Waals surface area contributed by atoms with Crippen molar-refractivity contribution in [3.05, 3.63) is 41.5 Å². The van der Waals surface area contributed by atoms with Gasteiger partial charge in [0.05, 0.1) is 11.5 Å². The lowest BCUT2D eigenvalue weighted by molar-refractivity contribution is -0.130. The summed E-state index contributed by atoms with van der Waals surface area (Å²) in [6.07, 6.45) is 6.53. The van der Waals surface area contributed by atoms with Crippen LogP contribution in [-0.4, -0.2) is 69.3 Å². The Bertz CT molecular complexity index is 1080. The van der Waals surface area contributed by atoms with Crippen LogP contribution in [0.25, 0.3) is 0 Å². The lowest BCUT2D eigenvalue weighted by Crippen LogP contribution is -2.36. The van der Waals surface area contributed by atoms with Gasteiger partial charge in [0, 0.05) is 31.9 Å². The average molecular weight is 542 g/mol. The van der Waals surface area contributed by atoms with Crippen LogP contribution in [0, 0.1) is 11.3 Å². The van der Waals surface area contributed by atoms with Crippen LogP contribution in [0.3, 0.4) is 0 Å². The molecule has 36 heavy (non-hydrogen) atoms. The van der Waals surface area contributed by atoms with Crippen LogP contribution < -0.4 is 0 Å². The standard InChI is InChI=1S/C26H31N5O2S3/c27-16-21-24(34-17-20-10-4-1-5-11-20)28-26(36-19-23(33)31-14-8-3-9-15-31)29-25(21)35-18-22(32)30-12-6-2-7-13-30/h1,4-5,10-11H,2-3,6-9,12-15,17-19H2. The van der Waals surface area contributed by atoms with E-state index in [0.717, 1.165) is 57.4 Å². The smallest absolute Gasteiger partial charge is 0.233 e. The molecule has 190 valence electrons. The fourth-order valence-electron chi connectivity index (χ4n) is 4.22. The maximum atomic E-state index is 12.8. The molecule has 0 aliphatic carbocycles. The average Bonchev–Trinajstić information content (AvgIpc) is 2.94. The summed E-state index contributed by atoms with van der Waals surface area (Å²) in [6.45, 7) is 3.22. The number of carbonyl (C=O) groups excluding carboxylic acids is 2. The summed E-state index contributed by atoms with van der Waals surface area (Å²) in [5.74, 6) is 1.35. The third kappa shape index (κ3) is 7.64. The number of likely N-dealkylation sites (tertiary alicyclic amines) is 2. The van der Waals surface area contributed by atoms with Crippen molar-refractivity contribution in [1.82, 2.24) is 19.8 Å². The number of amides is 2. The summed E-state index contributed by atoms with van der Waals surface area (Å²) in [5, 5.41) is 11.6. The van der Waals surface area contributed by atoms with Crippen LogP contribution in [0.1, 0.15) is 49.7 Å². The van der Waals surface area contributed by atoms with Crippen molar-refractivity contribution in [1.29, 1.82) is 5.26 Å². The number of carbonyl (C=O) groups is 2. The molecular formula is C26H31N5O2S3. The third-order valence-electron chi connectivity index (χ3n) is 6.23. The van der Waals surface area contributed by atoms with E-state index in [9.17, 15) is 14.9 Å². The molecule has 2 fully saturated rings. The van der Waals surface area contributed by atoms with Gasteiger partial charge in [-0.05, 0) is 44.1 Å². The van der Waals surface area contributed by atoms with Gasteiger partial charge in [-0.2, -0.15) is 5.26 Å². The van der Waals surface area contributed by atoms with Crippen LogP contribution in [0.15, 0.2) is 45.5 Å². The van der Waals surface area contributed by atoms with Crippen LogP contribution in [0.2, 0.25) is 0 Å². The van der Waals surface area contributed by atoms with E-state index in [2.05, 4.69) is 16.0 Å². The molecule has 7 nitrogen and oxygen atoms in total. The van der Waals surface area contributed by atoms with Gasteiger partial charge in [0.1, 0.15) is 21.7 Å². The normalized spacial score (nSPS) is 16.0. The summed E-state index contributed by atoms with van der Waals surface area (Å²) in [6, 6.07) is 12.3. The fraction of sp³-hybridized carbons (Fsp3) is 0.500. The summed E-state index contributed by atoms with van der Waals surface area (Å²) >= 11 is 4.09. The number of nitrogens with zero attached hydrogens (tertiary/aromatic N) is 5. The molecule has 0 spiro atoms. The highest BCUT2D eigenvalue weighted by atomic mass is 32.2. The Morgan fingerprint density at radius 3 is 1.86 bits per heavy atom. The molecule has 2 aliphatic heterocycles. The number of piperidine rings is 2. The number of hydrogen-bond acceptors (Lipinski definition) is 8. The Morgan fingerprint density at radius 2 is 1.31 bits per heavy atom. The molecule has 1 aromatic heterocycles. The maximum Gasteiger partial charge on any atom is 0.233 e. The summed E-state index contributed by atoms with van der Waals surface area (Å²) in [4.78, 5) is 38.6. The molecule has 0 atom stereocenters. The van der Waals surface area contributed by atoms with E-state index < -0.39 is 0 Å². The summed E-state index contributed by atoms with van der Waals surface area (Å²) in [7, 11) is 0. The highest BCUT2D eigenvalue weighted by Gasteiger charge is 2.22. The number of benzene rings is 1. The lowest BCUT2D eigenvalue weighted by Gasteiger charge is -2.26. The topological polar surface area (TPSA) is 90.2 Å². The molecule has 0 radical (unpaired) electrons. The molecule has 2 aromatic rings. The first-order valence-electron chi connectivity index (χ1n) is 12.4. The minimum atomic E-state index is 0.0789. The van der Waals surface area contributed by atoms with Crippen molar-refractivity contribution < 1.29 is 9.59 Å². The molecule has 4 rings (SSSR count). The second-order valence-corrected chi connectivity index (χ2v) is 11.7. The molecule has 0 bridgehead atoms. The molecule has 2 saturated heterocycles. The molecule has 10 heteroatoms. The molecule has 0 N–H and O–H groups in total. The van der Waals surface area contributed by atoms with Crippen LogP contribution in [0.4, 0.5) is 0 Å². The SMILES string of the molecule is N#Cc1c(SCC(=O)N2CCCCC2)nc(SCC(=O)N2CCCCC2)nc1SCc1ccccc1. The zero-order chi connectivity index (χ0) is 25.2. The number of nitriles is 1. The Hall–Kier alpha value is -2.22. The predicted octanol–water partition coefficient (Wildman–Crippen LogP) is 4.85. The van der Waals surface area contributed by atoms with Crippen molar-refractivity contribution in [2.45, 2.75) is 59.5 Å². The van der Waals surface area contributed by atoms with E-state index in [0.29, 0.717) is 26.5 Å². The molecule has 1 aromatic carbocycles. The first-order chi connectivity index (χ1) is 17.6. The van der Waals surface area contributed by atoms with Crippen molar-refractivity contribution in [2.75, 3.05) is 37.7 Å². The number of rotatable bonds is 9. The van der Waals surface area contributed by atoms with Gasteiger partial charge in [-0.25, -0.2) is 9.97 Å². The van der Waals surface area contributed by atoms with Gasteiger partial charge in [0.15, 0.2) is 5.16 Å². The van der Waals surface area contributed by atoms with Gasteiger partial charge in [-0.3, -0.25) is 9.59 Å². The van der Waals surface area contributed by atoms with Gasteiger partial charge in [0.2, 0.25) is 11.8 Å². The summed E-state index contributed by atoms with van der Waals surface area (Å²) < 4.78 is 0. The van der Waals surface area contributed by atoms with E-state index in [1.54, 1.807) is 0 Å². The highest BCUT2D eigenvalue weighted by molar-refractivity contribution is 8.01. The van der Waals surface area contributed by atoms with Crippen LogP contribution in [0.5, 0.6) is 0 Å². The molecule has 2 aliphatic rings. The first-order valence-corrected chi connectivity index (χ1v) is 15.4. The minimum Gasteiger partial charge on any atom is -0.342 e. The molecule has 2 amide bonds. The van der Waals surface area contributed by atoms with Gasteiger partial charge < -0.3 is 9.80 Å². The number of thioether (sulfide) groups is 3. The van der Waals surface area contributed by atoms with E-state index in [4.69, 9.17) is 0 Å². The summed E-state index contributed by atoms with van der Waals surface area (Å²) in [5.41, 5.74) is 1.54. The Kier molecular flexibility index (Phi) is 10.4. The molecular weight excluding hydrogens is 511 g/mol. The second-order valence-electron chi connectivity index (χ2n) is 8.84. The van der Waals surface area contributed by atoms with Crippen molar-refractivity contribution in [2.24, 2.45) is 0 Å². The largest absolute Gasteiger partial charge is 0.342 e. The second kappa shape index (κ2) is 13.9. The van der Waals surface area contributed by atoms with E-state index in [1.165, 1.54) is 48.1 Å². The zero-order valence-electron chi connectivity index (χ0n) is 20.4. The molecule has 3 heterocycles. The van der Waals surface area contributed by atoms with E-state index >= 15 is 0 Å². The monoisotopic (exact) mass is 541 g/mol. The molecule has 0 unspecified atom stereocenters. The van der Waals surface area contributed by atoms with Crippen molar-refractivity contribution >= 4 is 47.1 Å². The Labute approximate surface area is 225 Å². The zero-order valence-corrected chi connectivity index (χ0v) is 22.8. The predicted molar refractivity (Wildman–Crippen MR) is 145 cm³/mol. The third-order valence-corrected chi connectivity index (χ3v) is 9.07. The number of hydrogen-bond donors (Lipinski definition) is 0. The Morgan fingerprint density at radius 1 is 0.778 bits per heavy atom. The van der Waals surface area contributed by atoms with Crippen molar-refractivity contribution in [3.8, 4) is 6.07 Å². The van der Waals surface area contributed by atoms with E-state index in [-0.39, 0.29) is 23.3 Å². The Balaban J connectivity index is 1.49. The fourth-order valence-corrected chi connectivity index (χ4v) is 6.96. The lowest BCUT2D eigenvalue weighted by atomic mass is 10.1. The highest BCUT2D eigenvalue weighted by Crippen LogP contribution is 2.33. The van der Waals surface area contributed by atoms with Gasteiger partial charge in [-0.1, -0.05) is 53.9 Å². The van der Waals surface area contributed by atoms with E-state index in [1.807, 2.05) is 40.1 Å². The number of aromatic nitrogens is 2.